The van der Waals surface area contributed by atoms with Crippen LogP contribution in [-0.4, -0.2) is 37.3 Å². The van der Waals surface area contributed by atoms with E-state index >= 15 is 0 Å². The van der Waals surface area contributed by atoms with Gasteiger partial charge in [-0.2, -0.15) is 0 Å². The number of aromatic amines is 1. The van der Waals surface area contributed by atoms with Crippen LogP contribution in [0.5, 0.6) is 0 Å². The summed E-state index contributed by atoms with van der Waals surface area (Å²) in [6, 6.07) is 1.58. The third-order valence-electron chi connectivity index (χ3n) is 2.34. The van der Waals surface area contributed by atoms with E-state index in [2.05, 4.69) is 20.5 Å². The van der Waals surface area contributed by atoms with Crippen LogP contribution in [0.2, 0.25) is 0 Å². The van der Waals surface area contributed by atoms with Crippen LogP contribution in [0.4, 0.5) is 0 Å². The molecule has 0 aliphatic heterocycles. The summed E-state index contributed by atoms with van der Waals surface area (Å²) in [5.41, 5.74) is 0.516. The Hall–Kier alpha value is -1.83. The number of thioether (sulfide) groups is 1. The molecule has 0 unspecified atom stereocenters. The number of aryl methyl sites for hydroxylation is 1. The molecule has 2 aromatic rings. The van der Waals surface area contributed by atoms with Crippen LogP contribution in [0.1, 0.15) is 19.5 Å². The minimum Gasteiger partial charge on any atom is -0.353 e. The second-order valence-electron chi connectivity index (χ2n) is 4.43. The van der Waals surface area contributed by atoms with Crippen LogP contribution < -0.4 is 10.9 Å². The molecule has 0 aliphatic carbocycles. The van der Waals surface area contributed by atoms with Crippen molar-refractivity contribution in [3.05, 3.63) is 22.1 Å². The Labute approximate surface area is 113 Å². The van der Waals surface area contributed by atoms with Crippen LogP contribution >= 0.6 is 11.8 Å². The van der Waals surface area contributed by atoms with E-state index in [0.717, 1.165) is 5.69 Å². The zero-order valence-corrected chi connectivity index (χ0v) is 11.7. The van der Waals surface area contributed by atoms with Gasteiger partial charge in [0.15, 0.2) is 5.16 Å². The fourth-order valence-electron chi connectivity index (χ4n) is 1.66. The summed E-state index contributed by atoms with van der Waals surface area (Å²) < 4.78 is 1.72. The fraction of sp³-hybridized carbons (Fsp3) is 0.455. The second-order valence-corrected chi connectivity index (χ2v) is 5.37. The molecule has 0 saturated heterocycles. The Balaban J connectivity index is 2.18. The summed E-state index contributed by atoms with van der Waals surface area (Å²) in [5, 5.41) is 11.2. The maximum atomic E-state index is 11.6. The van der Waals surface area contributed by atoms with E-state index in [1.165, 1.54) is 17.8 Å². The van der Waals surface area contributed by atoms with Gasteiger partial charge in [0.05, 0.1) is 5.75 Å². The monoisotopic (exact) mass is 281 g/mol. The highest BCUT2D eigenvalue weighted by Gasteiger charge is 2.12. The van der Waals surface area contributed by atoms with Crippen LogP contribution in [0.25, 0.3) is 5.78 Å². The van der Waals surface area contributed by atoms with Gasteiger partial charge in [0.25, 0.3) is 5.56 Å². The van der Waals surface area contributed by atoms with E-state index in [9.17, 15) is 9.59 Å². The molecule has 102 valence electrons. The number of carbonyl (C=O) groups is 1. The molecule has 1 amide bonds. The summed E-state index contributed by atoms with van der Waals surface area (Å²) in [7, 11) is 0. The summed E-state index contributed by atoms with van der Waals surface area (Å²) in [5.74, 6) is 0.591. The first-order valence-corrected chi connectivity index (χ1v) is 6.83. The molecule has 2 N–H and O–H groups in total. The smallest absolute Gasteiger partial charge is 0.252 e. The van der Waals surface area contributed by atoms with Gasteiger partial charge in [0.1, 0.15) is 0 Å². The normalized spacial score (nSPS) is 11.2. The lowest BCUT2D eigenvalue weighted by Crippen LogP contribution is -2.31. The molecule has 2 heterocycles. The van der Waals surface area contributed by atoms with Gasteiger partial charge in [0, 0.05) is 17.8 Å². The number of nitrogens with one attached hydrogen (secondary N) is 2. The zero-order chi connectivity index (χ0) is 14.0. The first kappa shape index (κ1) is 13.6. The van der Waals surface area contributed by atoms with Crippen LogP contribution in [-0.2, 0) is 4.79 Å². The van der Waals surface area contributed by atoms with Crippen LogP contribution in [0, 0.1) is 6.92 Å². The molecule has 0 spiro atoms. The van der Waals surface area contributed by atoms with Gasteiger partial charge >= 0.3 is 0 Å². The summed E-state index contributed by atoms with van der Waals surface area (Å²) >= 11 is 1.28. The predicted octanol–water partition coefficient (Wildman–Crippen LogP) is 0.343. The minimum atomic E-state index is -0.216. The minimum absolute atomic E-state index is 0.0566. The molecule has 0 fully saturated rings. The maximum Gasteiger partial charge on any atom is 0.252 e. The van der Waals surface area contributed by atoms with Gasteiger partial charge < -0.3 is 5.32 Å². The van der Waals surface area contributed by atoms with Gasteiger partial charge in [0.2, 0.25) is 11.7 Å². The first-order valence-electron chi connectivity index (χ1n) is 5.84. The maximum absolute atomic E-state index is 11.6. The van der Waals surface area contributed by atoms with Gasteiger partial charge in [-0.3, -0.25) is 19.0 Å². The van der Waals surface area contributed by atoms with E-state index in [1.807, 2.05) is 13.8 Å². The van der Waals surface area contributed by atoms with Crippen molar-refractivity contribution in [3.63, 3.8) is 0 Å². The van der Waals surface area contributed by atoms with Crippen LogP contribution in [0.15, 0.2) is 16.0 Å². The fourth-order valence-corrected chi connectivity index (χ4v) is 2.46. The SMILES string of the molecule is Cc1cc(=O)[nH]c2nnc(SCC(=O)NC(C)C)n12. The lowest BCUT2D eigenvalue weighted by Gasteiger charge is -2.07. The van der Waals surface area contributed by atoms with Crippen molar-refractivity contribution in [1.82, 2.24) is 24.9 Å². The summed E-state index contributed by atoms with van der Waals surface area (Å²) in [4.78, 5) is 25.5. The molecule has 19 heavy (non-hydrogen) atoms. The largest absolute Gasteiger partial charge is 0.353 e. The zero-order valence-electron chi connectivity index (χ0n) is 10.9. The summed E-state index contributed by atoms with van der Waals surface area (Å²) in [6.07, 6.45) is 0. The van der Waals surface area contributed by atoms with Gasteiger partial charge in [-0.1, -0.05) is 11.8 Å². The highest BCUT2D eigenvalue weighted by Crippen LogP contribution is 2.16. The van der Waals surface area contributed by atoms with E-state index < -0.39 is 0 Å². The molecule has 0 atom stereocenters. The van der Waals surface area contributed by atoms with Crippen molar-refractivity contribution in [2.75, 3.05) is 5.75 Å². The quantitative estimate of drug-likeness (QED) is 0.789. The van der Waals surface area contributed by atoms with E-state index in [-0.39, 0.29) is 23.3 Å². The average Bonchev–Trinajstić information content (AvgIpc) is 2.68. The number of fused-ring (bicyclic) bond motifs is 1. The standard InChI is InChI=1S/C11H15N5O2S/c1-6(2)12-9(18)5-19-11-15-14-10-13-8(17)4-7(3)16(10)11/h4,6H,5H2,1-3H3,(H,12,18)(H,13,14,17). The Morgan fingerprint density at radius 3 is 2.95 bits per heavy atom. The topological polar surface area (TPSA) is 92.2 Å². The lowest BCUT2D eigenvalue weighted by molar-refractivity contribution is -0.119. The molecule has 2 aromatic heterocycles. The number of nitrogens with zero attached hydrogens (tertiary/aromatic N) is 3. The van der Waals surface area contributed by atoms with Crippen molar-refractivity contribution < 1.29 is 4.79 Å². The Morgan fingerprint density at radius 2 is 2.26 bits per heavy atom. The van der Waals surface area contributed by atoms with E-state index in [0.29, 0.717) is 10.9 Å². The number of H-pyrrole nitrogens is 1. The van der Waals surface area contributed by atoms with E-state index in [4.69, 9.17) is 0 Å². The number of rotatable bonds is 4. The number of aromatic nitrogens is 4. The lowest BCUT2D eigenvalue weighted by atomic mass is 10.4. The van der Waals surface area contributed by atoms with E-state index in [1.54, 1.807) is 11.3 Å². The average molecular weight is 281 g/mol. The van der Waals surface area contributed by atoms with Crippen molar-refractivity contribution in [1.29, 1.82) is 0 Å². The number of hydrogen-bond acceptors (Lipinski definition) is 5. The van der Waals surface area contributed by atoms with Gasteiger partial charge in [-0.25, -0.2) is 0 Å². The summed E-state index contributed by atoms with van der Waals surface area (Å²) in [6.45, 7) is 5.61. The Kier molecular flexibility index (Phi) is 3.89. The number of carbonyl (C=O) groups excluding carboxylic acids is 1. The molecule has 7 nitrogen and oxygen atoms in total. The second kappa shape index (κ2) is 5.43. The third-order valence-corrected chi connectivity index (χ3v) is 3.27. The molecule has 0 radical (unpaired) electrons. The molecule has 8 heteroatoms. The van der Waals surface area contributed by atoms with Crippen molar-refractivity contribution in [2.24, 2.45) is 0 Å². The van der Waals surface area contributed by atoms with Crippen molar-refractivity contribution in [2.45, 2.75) is 32.0 Å². The Morgan fingerprint density at radius 1 is 1.53 bits per heavy atom. The number of amides is 1. The molecule has 0 aliphatic rings. The van der Waals surface area contributed by atoms with Crippen molar-refractivity contribution in [3.8, 4) is 0 Å². The number of hydrogen-bond donors (Lipinski definition) is 2. The molecule has 0 bridgehead atoms. The molecular weight excluding hydrogens is 266 g/mol. The highest BCUT2D eigenvalue weighted by atomic mass is 32.2. The highest BCUT2D eigenvalue weighted by molar-refractivity contribution is 7.99. The molecule has 0 saturated carbocycles. The van der Waals surface area contributed by atoms with Gasteiger partial charge in [-0.05, 0) is 20.8 Å². The Bertz CT molecular complexity index is 661. The van der Waals surface area contributed by atoms with Crippen molar-refractivity contribution >= 4 is 23.4 Å². The van der Waals surface area contributed by atoms with Gasteiger partial charge in [-0.15, -0.1) is 10.2 Å². The predicted molar refractivity (Wildman–Crippen MR) is 72.3 cm³/mol. The molecule has 2 rings (SSSR count). The first-order chi connectivity index (χ1) is 8.97. The molecular formula is C11H15N5O2S. The third kappa shape index (κ3) is 3.14. The van der Waals surface area contributed by atoms with Crippen LogP contribution in [0.3, 0.4) is 0 Å². The molecule has 0 aromatic carbocycles.